The van der Waals surface area contributed by atoms with E-state index in [-0.39, 0.29) is 5.43 Å². The first-order valence-electron chi connectivity index (χ1n) is 7.13. The number of benzene rings is 2. The molecule has 3 rings (SSSR count). The molecule has 0 bridgehead atoms. The molecule has 2 aromatic carbocycles. The zero-order valence-electron chi connectivity index (χ0n) is 12.0. The van der Waals surface area contributed by atoms with Gasteiger partial charge in [-0.25, -0.2) is 0 Å². The minimum Gasteiger partial charge on any atom is -0.383 e. The van der Waals surface area contributed by atoms with Crippen LogP contribution in [0.25, 0.3) is 10.9 Å². The quantitative estimate of drug-likeness (QED) is 0.793. The highest BCUT2D eigenvalue weighted by atomic mass is 16.1. The number of anilines is 1. The van der Waals surface area contributed by atoms with Gasteiger partial charge in [0.1, 0.15) is 0 Å². The van der Waals surface area contributed by atoms with Crippen molar-refractivity contribution in [1.82, 2.24) is 4.57 Å². The Morgan fingerprint density at radius 3 is 2.76 bits per heavy atom. The van der Waals surface area contributed by atoms with Crippen molar-refractivity contribution >= 4 is 16.6 Å². The van der Waals surface area contributed by atoms with Crippen LogP contribution >= 0.6 is 0 Å². The first kappa shape index (κ1) is 13.4. The summed E-state index contributed by atoms with van der Waals surface area (Å²) >= 11 is 0. The molecule has 21 heavy (non-hydrogen) atoms. The van der Waals surface area contributed by atoms with E-state index in [1.807, 2.05) is 36.5 Å². The Labute approximate surface area is 123 Å². The van der Waals surface area contributed by atoms with E-state index in [9.17, 15) is 4.79 Å². The number of fused-ring (bicyclic) bond motifs is 1. The Morgan fingerprint density at radius 1 is 1.05 bits per heavy atom. The van der Waals surface area contributed by atoms with Gasteiger partial charge in [0.15, 0.2) is 5.43 Å². The zero-order valence-corrected chi connectivity index (χ0v) is 12.0. The third-order valence-corrected chi connectivity index (χ3v) is 3.58. The van der Waals surface area contributed by atoms with Gasteiger partial charge in [-0.3, -0.25) is 4.79 Å². The Morgan fingerprint density at radius 2 is 1.90 bits per heavy atom. The van der Waals surface area contributed by atoms with Gasteiger partial charge in [-0.2, -0.15) is 0 Å². The molecule has 0 aliphatic carbocycles. The molecule has 0 saturated carbocycles. The molecule has 3 aromatic rings. The molecule has 1 N–H and O–H groups in total. The summed E-state index contributed by atoms with van der Waals surface area (Å²) in [5.74, 6) is 0. The average Bonchev–Trinajstić information content (AvgIpc) is 2.50. The largest absolute Gasteiger partial charge is 0.383 e. The molecule has 0 amide bonds. The molecular formula is C18H18N2O. The molecular weight excluding hydrogens is 260 g/mol. The molecule has 0 radical (unpaired) electrons. The van der Waals surface area contributed by atoms with Gasteiger partial charge in [-0.05, 0) is 36.8 Å². The van der Waals surface area contributed by atoms with E-state index >= 15 is 0 Å². The highest BCUT2D eigenvalue weighted by Crippen LogP contribution is 2.11. The van der Waals surface area contributed by atoms with Crippen LogP contribution in [0.5, 0.6) is 0 Å². The third kappa shape index (κ3) is 2.97. The second-order valence-corrected chi connectivity index (χ2v) is 5.19. The number of hydrogen-bond acceptors (Lipinski definition) is 2. The van der Waals surface area contributed by atoms with E-state index in [1.54, 1.807) is 6.07 Å². The summed E-state index contributed by atoms with van der Waals surface area (Å²) in [6.07, 6.45) is 1.86. The molecule has 0 spiro atoms. The first-order chi connectivity index (χ1) is 10.2. The number of pyridine rings is 1. The molecule has 0 fully saturated rings. The van der Waals surface area contributed by atoms with Gasteiger partial charge in [0.05, 0.1) is 5.52 Å². The second-order valence-electron chi connectivity index (χ2n) is 5.19. The molecule has 106 valence electrons. The van der Waals surface area contributed by atoms with Gasteiger partial charge in [0, 0.05) is 36.4 Å². The van der Waals surface area contributed by atoms with Gasteiger partial charge in [0.25, 0.3) is 0 Å². The van der Waals surface area contributed by atoms with E-state index in [1.165, 1.54) is 5.56 Å². The minimum absolute atomic E-state index is 0.0773. The number of nitrogens with one attached hydrogen (secondary N) is 1. The summed E-state index contributed by atoms with van der Waals surface area (Å²) in [5.41, 5.74) is 3.43. The van der Waals surface area contributed by atoms with Crippen molar-refractivity contribution in [2.24, 2.45) is 0 Å². The normalized spacial score (nSPS) is 10.7. The minimum atomic E-state index is 0.0773. The van der Waals surface area contributed by atoms with Crippen molar-refractivity contribution in [1.29, 1.82) is 0 Å². The predicted molar refractivity (Wildman–Crippen MR) is 87.9 cm³/mol. The van der Waals surface area contributed by atoms with Crippen LogP contribution in [0.2, 0.25) is 0 Å². The molecule has 3 heteroatoms. The SMILES string of the molecule is Cc1cccc(NCCn2ccc(=O)c3ccccc32)c1. The van der Waals surface area contributed by atoms with Crippen LogP contribution in [0.15, 0.2) is 65.6 Å². The van der Waals surface area contributed by atoms with Gasteiger partial charge in [0.2, 0.25) is 0 Å². The predicted octanol–water partition coefficient (Wildman–Crippen LogP) is 3.42. The molecule has 0 atom stereocenters. The highest BCUT2D eigenvalue weighted by Gasteiger charge is 2.01. The monoisotopic (exact) mass is 278 g/mol. The molecule has 0 unspecified atom stereocenters. The smallest absolute Gasteiger partial charge is 0.189 e. The van der Waals surface area contributed by atoms with Crippen LogP contribution in [-0.4, -0.2) is 11.1 Å². The summed E-state index contributed by atoms with van der Waals surface area (Å²) in [6.45, 7) is 3.71. The van der Waals surface area contributed by atoms with Gasteiger partial charge >= 0.3 is 0 Å². The summed E-state index contributed by atoms with van der Waals surface area (Å²) in [5, 5.41) is 4.19. The lowest BCUT2D eigenvalue weighted by Gasteiger charge is -2.12. The summed E-state index contributed by atoms with van der Waals surface area (Å²) in [6, 6.07) is 17.7. The molecule has 1 aromatic heterocycles. The first-order valence-corrected chi connectivity index (χ1v) is 7.13. The summed E-state index contributed by atoms with van der Waals surface area (Å²) in [4.78, 5) is 11.8. The maximum atomic E-state index is 11.8. The number of hydrogen-bond donors (Lipinski definition) is 1. The third-order valence-electron chi connectivity index (χ3n) is 3.58. The fraction of sp³-hybridized carbons (Fsp3) is 0.167. The molecule has 0 aliphatic heterocycles. The van der Waals surface area contributed by atoms with E-state index < -0.39 is 0 Å². The van der Waals surface area contributed by atoms with Gasteiger partial charge in [-0.1, -0.05) is 24.3 Å². The van der Waals surface area contributed by atoms with Crippen molar-refractivity contribution in [3.8, 4) is 0 Å². The number of nitrogens with zero attached hydrogens (tertiary/aromatic N) is 1. The van der Waals surface area contributed by atoms with E-state index in [4.69, 9.17) is 0 Å². The Bertz CT molecular complexity index is 821. The van der Waals surface area contributed by atoms with E-state index in [0.717, 1.165) is 29.7 Å². The van der Waals surface area contributed by atoms with Gasteiger partial charge in [-0.15, -0.1) is 0 Å². The number of para-hydroxylation sites is 1. The maximum Gasteiger partial charge on any atom is 0.189 e. The second kappa shape index (κ2) is 5.83. The fourth-order valence-electron chi connectivity index (χ4n) is 2.53. The van der Waals surface area contributed by atoms with Crippen LogP contribution < -0.4 is 10.7 Å². The molecule has 0 aliphatic rings. The van der Waals surface area contributed by atoms with Crippen LogP contribution in [0.3, 0.4) is 0 Å². The Balaban J connectivity index is 1.77. The van der Waals surface area contributed by atoms with Crippen molar-refractivity contribution < 1.29 is 0 Å². The standard InChI is InChI=1S/C18H18N2O/c1-14-5-4-6-15(13-14)19-10-12-20-11-9-18(21)16-7-2-3-8-17(16)20/h2-9,11,13,19H,10,12H2,1H3. The van der Waals surface area contributed by atoms with Crippen molar-refractivity contribution in [3.63, 3.8) is 0 Å². The van der Waals surface area contributed by atoms with Crippen LogP contribution in [-0.2, 0) is 6.54 Å². The van der Waals surface area contributed by atoms with Crippen molar-refractivity contribution in [2.45, 2.75) is 13.5 Å². The van der Waals surface area contributed by atoms with Gasteiger partial charge < -0.3 is 9.88 Å². The number of aromatic nitrogens is 1. The Kier molecular flexibility index (Phi) is 3.73. The van der Waals surface area contributed by atoms with E-state index in [2.05, 4.69) is 35.0 Å². The molecule has 1 heterocycles. The fourth-order valence-corrected chi connectivity index (χ4v) is 2.53. The summed E-state index contributed by atoms with van der Waals surface area (Å²) in [7, 11) is 0. The topological polar surface area (TPSA) is 34.0 Å². The molecule has 3 nitrogen and oxygen atoms in total. The molecule has 0 saturated heterocycles. The Hall–Kier alpha value is -2.55. The number of aryl methyl sites for hydroxylation is 1. The highest BCUT2D eigenvalue weighted by molar-refractivity contribution is 5.78. The maximum absolute atomic E-state index is 11.8. The van der Waals surface area contributed by atoms with Crippen LogP contribution in [0, 0.1) is 6.92 Å². The van der Waals surface area contributed by atoms with Crippen molar-refractivity contribution in [2.75, 3.05) is 11.9 Å². The van der Waals surface area contributed by atoms with Crippen molar-refractivity contribution in [3.05, 3.63) is 76.6 Å². The lowest BCUT2D eigenvalue weighted by Crippen LogP contribution is -2.14. The number of rotatable bonds is 4. The summed E-state index contributed by atoms with van der Waals surface area (Å²) < 4.78 is 2.11. The van der Waals surface area contributed by atoms with Crippen LogP contribution in [0.1, 0.15) is 5.56 Å². The van der Waals surface area contributed by atoms with Crippen LogP contribution in [0.4, 0.5) is 5.69 Å². The average molecular weight is 278 g/mol. The zero-order chi connectivity index (χ0) is 14.7. The lowest BCUT2D eigenvalue weighted by molar-refractivity contribution is 0.749. The lowest BCUT2D eigenvalue weighted by atomic mass is 10.2. The van der Waals surface area contributed by atoms with E-state index in [0.29, 0.717) is 0 Å².